The molecule has 22 heavy (non-hydrogen) atoms. The molecule has 4 nitrogen and oxygen atoms in total. The monoisotopic (exact) mass is 295 g/mol. The van der Waals surface area contributed by atoms with Crippen LogP contribution in [0, 0.1) is 13.8 Å². The molecule has 0 radical (unpaired) electrons. The first-order valence-corrected chi connectivity index (χ1v) is 7.52. The first-order valence-electron chi connectivity index (χ1n) is 7.52. The van der Waals surface area contributed by atoms with Crippen LogP contribution in [0.3, 0.4) is 0 Å². The van der Waals surface area contributed by atoms with Crippen LogP contribution in [-0.4, -0.2) is 9.55 Å². The van der Waals surface area contributed by atoms with Gasteiger partial charge in [0.25, 0.3) is 0 Å². The summed E-state index contributed by atoms with van der Waals surface area (Å²) in [4.78, 5) is 4.26. The molecule has 0 aliphatic carbocycles. The third kappa shape index (κ3) is 3.65. The van der Waals surface area contributed by atoms with Crippen molar-refractivity contribution in [3.63, 3.8) is 0 Å². The van der Waals surface area contributed by atoms with Crippen molar-refractivity contribution in [2.45, 2.75) is 33.5 Å². The quantitative estimate of drug-likeness (QED) is 0.757. The Morgan fingerprint density at radius 2 is 1.95 bits per heavy atom. The van der Waals surface area contributed by atoms with E-state index in [2.05, 4.69) is 39.1 Å². The van der Waals surface area contributed by atoms with E-state index in [9.17, 15) is 0 Å². The molecular formula is C18H21N3O. The molecule has 114 valence electrons. The third-order valence-corrected chi connectivity index (χ3v) is 3.69. The Kier molecular flexibility index (Phi) is 4.39. The topological polar surface area (TPSA) is 43.0 Å². The van der Waals surface area contributed by atoms with E-state index >= 15 is 0 Å². The number of nitrogens with one attached hydrogen (secondary N) is 1. The summed E-state index contributed by atoms with van der Waals surface area (Å²) < 4.78 is 7.71. The summed E-state index contributed by atoms with van der Waals surface area (Å²) in [5, 5.41) is 3.42. The van der Waals surface area contributed by atoms with Gasteiger partial charge in [-0.25, -0.2) is 4.98 Å². The van der Waals surface area contributed by atoms with Crippen LogP contribution in [0.15, 0.2) is 53.2 Å². The van der Waals surface area contributed by atoms with E-state index in [1.807, 2.05) is 38.4 Å². The molecule has 0 spiro atoms. The molecule has 2 heterocycles. The Morgan fingerprint density at radius 1 is 1.09 bits per heavy atom. The second-order valence-electron chi connectivity index (χ2n) is 5.54. The summed E-state index contributed by atoms with van der Waals surface area (Å²) in [6.07, 6.45) is 3.85. The molecule has 0 unspecified atom stereocenters. The second-order valence-corrected chi connectivity index (χ2v) is 5.54. The molecule has 3 rings (SSSR count). The fourth-order valence-corrected chi connectivity index (χ4v) is 2.52. The lowest BCUT2D eigenvalue weighted by Crippen LogP contribution is -2.12. The number of hydrogen-bond acceptors (Lipinski definition) is 3. The Balaban J connectivity index is 1.58. The van der Waals surface area contributed by atoms with Gasteiger partial charge in [0.15, 0.2) is 0 Å². The van der Waals surface area contributed by atoms with Crippen LogP contribution in [-0.2, 0) is 19.6 Å². The maximum atomic E-state index is 5.56. The standard InChI is InChI=1S/C18H21N3O/c1-14-6-7-18(22-14)12-19-11-16-4-3-5-17(10-16)13-21-9-8-20-15(21)2/h3-10,19H,11-13H2,1-2H3. The molecule has 0 atom stereocenters. The van der Waals surface area contributed by atoms with Gasteiger partial charge in [0.1, 0.15) is 17.3 Å². The number of furan rings is 1. The Labute approximate surface area is 130 Å². The van der Waals surface area contributed by atoms with Gasteiger partial charge in [-0.1, -0.05) is 24.3 Å². The number of rotatable bonds is 6. The predicted molar refractivity (Wildman–Crippen MR) is 86.5 cm³/mol. The van der Waals surface area contributed by atoms with Crippen molar-refractivity contribution in [3.8, 4) is 0 Å². The van der Waals surface area contributed by atoms with Crippen LogP contribution in [0.25, 0.3) is 0 Å². The summed E-state index contributed by atoms with van der Waals surface area (Å²) in [5.41, 5.74) is 2.56. The largest absolute Gasteiger partial charge is 0.465 e. The van der Waals surface area contributed by atoms with E-state index in [-0.39, 0.29) is 0 Å². The first-order chi connectivity index (χ1) is 10.7. The molecule has 0 fully saturated rings. The zero-order valence-electron chi connectivity index (χ0n) is 13.0. The maximum absolute atomic E-state index is 5.56. The minimum absolute atomic E-state index is 0.749. The van der Waals surface area contributed by atoms with Crippen molar-refractivity contribution in [1.29, 1.82) is 0 Å². The highest BCUT2D eigenvalue weighted by Crippen LogP contribution is 2.10. The number of aryl methyl sites for hydroxylation is 2. The van der Waals surface area contributed by atoms with Crippen molar-refractivity contribution in [1.82, 2.24) is 14.9 Å². The van der Waals surface area contributed by atoms with E-state index in [0.29, 0.717) is 0 Å². The average Bonchev–Trinajstić information content (AvgIpc) is 3.09. The normalized spacial score (nSPS) is 11.0. The van der Waals surface area contributed by atoms with Crippen molar-refractivity contribution >= 4 is 0 Å². The predicted octanol–water partition coefficient (Wildman–Crippen LogP) is 3.43. The number of imidazole rings is 1. The van der Waals surface area contributed by atoms with Gasteiger partial charge in [0.05, 0.1) is 6.54 Å². The Bertz CT molecular complexity index is 742. The molecule has 3 aromatic rings. The molecule has 2 aromatic heterocycles. The summed E-state index contributed by atoms with van der Waals surface area (Å²) >= 11 is 0. The van der Waals surface area contributed by atoms with Gasteiger partial charge in [0, 0.05) is 25.5 Å². The molecule has 0 saturated carbocycles. The molecule has 0 aliphatic heterocycles. The maximum Gasteiger partial charge on any atom is 0.117 e. The fraction of sp³-hybridized carbons (Fsp3) is 0.278. The van der Waals surface area contributed by atoms with Crippen molar-refractivity contribution in [2.24, 2.45) is 0 Å². The highest BCUT2D eigenvalue weighted by molar-refractivity contribution is 5.24. The molecule has 1 N–H and O–H groups in total. The van der Waals surface area contributed by atoms with Gasteiger partial charge in [-0.05, 0) is 37.1 Å². The summed E-state index contributed by atoms with van der Waals surface area (Å²) in [5.74, 6) is 2.97. The van der Waals surface area contributed by atoms with Crippen molar-refractivity contribution < 1.29 is 4.42 Å². The van der Waals surface area contributed by atoms with E-state index in [0.717, 1.165) is 37.0 Å². The molecular weight excluding hydrogens is 274 g/mol. The SMILES string of the molecule is Cc1ccc(CNCc2cccc(Cn3ccnc3C)c2)o1. The molecule has 0 aliphatic rings. The highest BCUT2D eigenvalue weighted by Gasteiger charge is 2.02. The van der Waals surface area contributed by atoms with Crippen molar-refractivity contribution in [3.05, 3.63) is 77.3 Å². The minimum atomic E-state index is 0.749. The summed E-state index contributed by atoms with van der Waals surface area (Å²) in [7, 11) is 0. The Hall–Kier alpha value is -2.33. The smallest absolute Gasteiger partial charge is 0.117 e. The van der Waals surface area contributed by atoms with Crippen LogP contribution < -0.4 is 5.32 Å². The van der Waals surface area contributed by atoms with Crippen molar-refractivity contribution in [2.75, 3.05) is 0 Å². The van der Waals surface area contributed by atoms with Gasteiger partial charge in [0.2, 0.25) is 0 Å². The second kappa shape index (κ2) is 6.62. The van der Waals surface area contributed by atoms with E-state index in [1.165, 1.54) is 11.1 Å². The number of aromatic nitrogens is 2. The van der Waals surface area contributed by atoms with Gasteiger partial charge in [-0.3, -0.25) is 0 Å². The molecule has 0 bridgehead atoms. The van der Waals surface area contributed by atoms with Gasteiger partial charge in [-0.2, -0.15) is 0 Å². The number of nitrogens with zero attached hydrogens (tertiary/aromatic N) is 2. The minimum Gasteiger partial charge on any atom is -0.465 e. The van der Waals surface area contributed by atoms with Gasteiger partial charge in [-0.15, -0.1) is 0 Å². The van der Waals surface area contributed by atoms with E-state index in [1.54, 1.807) is 0 Å². The van der Waals surface area contributed by atoms with Crippen LogP contribution in [0.2, 0.25) is 0 Å². The van der Waals surface area contributed by atoms with Gasteiger partial charge >= 0.3 is 0 Å². The molecule has 1 aromatic carbocycles. The zero-order valence-corrected chi connectivity index (χ0v) is 13.0. The van der Waals surface area contributed by atoms with Crippen LogP contribution in [0.5, 0.6) is 0 Å². The lowest BCUT2D eigenvalue weighted by atomic mass is 10.1. The number of hydrogen-bond donors (Lipinski definition) is 1. The average molecular weight is 295 g/mol. The summed E-state index contributed by atoms with van der Waals surface area (Å²) in [6.45, 7) is 6.42. The number of benzene rings is 1. The van der Waals surface area contributed by atoms with E-state index in [4.69, 9.17) is 4.42 Å². The highest BCUT2D eigenvalue weighted by atomic mass is 16.3. The molecule has 4 heteroatoms. The molecule has 0 amide bonds. The van der Waals surface area contributed by atoms with Crippen LogP contribution in [0.1, 0.15) is 28.5 Å². The Morgan fingerprint density at radius 3 is 2.68 bits per heavy atom. The molecule has 0 saturated heterocycles. The zero-order chi connectivity index (χ0) is 15.4. The van der Waals surface area contributed by atoms with Gasteiger partial charge < -0.3 is 14.3 Å². The van der Waals surface area contributed by atoms with Crippen LogP contribution in [0.4, 0.5) is 0 Å². The van der Waals surface area contributed by atoms with E-state index < -0.39 is 0 Å². The third-order valence-electron chi connectivity index (χ3n) is 3.69. The first kappa shape index (κ1) is 14.6. The lowest BCUT2D eigenvalue weighted by molar-refractivity contribution is 0.461. The van der Waals surface area contributed by atoms with Crippen LogP contribution >= 0.6 is 0 Å². The lowest BCUT2D eigenvalue weighted by Gasteiger charge is -2.08. The fourth-order valence-electron chi connectivity index (χ4n) is 2.52. The summed E-state index contributed by atoms with van der Waals surface area (Å²) in [6, 6.07) is 12.6.